The lowest BCUT2D eigenvalue weighted by Crippen LogP contribution is -2.18. The molecule has 0 saturated heterocycles. The maximum atomic E-state index is 13.7. The molecule has 9 nitrogen and oxygen atoms in total. The molecule has 3 N–H and O–H groups in total. The molecule has 40 heavy (non-hydrogen) atoms. The summed E-state index contributed by atoms with van der Waals surface area (Å²) < 4.78 is 13.7. The van der Waals surface area contributed by atoms with E-state index in [1.54, 1.807) is 30.9 Å². The van der Waals surface area contributed by atoms with Crippen molar-refractivity contribution in [1.29, 1.82) is 0 Å². The Labute approximate surface area is 232 Å². The van der Waals surface area contributed by atoms with Crippen molar-refractivity contribution in [1.82, 2.24) is 35.1 Å². The minimum atomic E-state index is -0.253. The molecule has 6 aromatic heterocycles. The predicted octanol–water partition coefficient (Wildman–Crippen LogP) is 6.73. The van der Waals surface area contributed by atoms with Crippen LogP contribution in [0.2, 0.25) is 0 Å². The van der Waals surface area contributed by atoms with Gasteiger partial charge in [0.25, 0.3) is 0 Å². The molecule has 200 valence electrons. The number of amides is 1. The summed E-state index contributed by atoms with van der Waals surface area (Å²) in [6.07, 6.45) is 13.2. The molecule has 1 saturated carbocycles. The van der Waals surface area contributed by atoms with Gasteiger partial charge in [-0.05, 0) is 49.1 Å². The van der Waals surface area contributed by atoms with E-state index in [0.717, 1.165) is 51.1 Å². The molecule has 0 bridgehead atoms. The number of hydrogen-bond donors (Lipinski definition) is 3. The number of anilines is 1. The maximum Gasteiger partial charge on any atom is 0.224 e. The largest absolute Gasteiger partial charge is 0.325 e. The highest BCUT2D eigenvalue weighted by atomic mass is 32.1. The summed E-state index contributed by atoms with van der Waals surface area (Å²) in [5.41, 5.74) is 5.51. The van der Waals surface area contributed by atoms with Crippen LogP contribution in [0.4, 0.5) is 10.1 Å². The van der Waals surface area contributed by atoms with Crippen LogP contribution in [-0.2, 0) is 4.79 Å². The number of aromatic nitrogens is 7. The number of nitrogens with one attached hydrogen (secondary N) is 3. The van der Waals surface area contributed by atoms with Crippen LogP contribution in [0.25, 0.3) is 55.3 Å². The van der Waals surface area contributed by atoms with Gasteiger partial charge in [0.15, 0.2) is 16.6 Å². The van der Waals surface area contributed by atoms with Crippen molar-refractivity contribution in [3.8, 4) is 33.2 Å². The first kappa shape index (κ1) is 24.5. The van der Waals surface area contributed by atoms with Gasteiger partial charge >= 0.3 is 0 Å². The summed E-state index contributed by atoms with van der Waals surface area (Å²) in [6, 6.07) is 8.83. The minimum absolute atomic E-state index is 0.0227. The quantitative estimate of drug-likeness (QED) is 0.210. The van der Waals surface area contributed by atoms with E-state index in [1.165, 1.54) is 25.3 Å². The molecule has 0 spiro atoms. The van der Waals surface area contributed by atoms with Crippen LogP contribution in [0, 0.1) is 11.0 Å². The smallest absolute Gasteiger partial charge is 0.224 e. The highest BCUT2D eigenvalue weighted by molar-refractivity contribution is 7.14. The van der Waals surface area contributed by atoms with E-state index in [1.807, 2.05) is 18.2 Å². The zero-order valence-electron chi connectivity index (χ0n) is 21.4. The van der Waals surface area contributed by atoms with Gasteiger partial charge in [-0.3, -0.25) is 19.9 Å². The Morgan fingerprint density at radius 3 is 2.83 bits per heavy atom. The van der Waals surface area contributed by atoms with E-state index in [9.17, 15) is 9.18 Å². The molecule has 1 aliphatic carbocycles. The van der Waals surface area contributed by atoms with E-state index in [2.05, 4.69) is 35.5 Å². The van der Waals surface area contributed by atoms with E-state index >= 15 is 0 Å². The third kappa shape index (κ3) is 4.73. The number of nitrogens with zero attached hydrogens (tertiary/aromatic N) is 5. The van der Waals surface area contributed by atoms with Crippen molar-refractivity contribution in [2.24, 2.45) is 5.92 Å². The van der Waals surface area contributed by atoms with Gasteiger partial charge in [-0.25, -0.2) is 9.97 Å². The SMILES string of the molecule is O=C(CC1CCCCC1)Nc1cncc(-c2cc3c(-c4nc5c(-c6ccc(F)s6)ccnc5[nH]4)n[nH]c3cn2)c1. The van der Waals surface area contributed by atoms with Gasteiger partial charge in [-0.2, -0.15) is 9.49 Å². The lowest BCUT2D eigenvalue weighted by atomic mass is 9.87. The number of thiophene rings is 1. The van der Waals surface area contributed by atoms with Gasteiger partial charge in [0.2, 0.25) is 5.91 Å². The maximum absolute atomic E-state index is 13.7. The van der Waals surface area contributed by atoms with E-state index < -0.39 is 0 Å². The van der Waals surface area contributed by atoms with Crippen molar-refractivity contribution >= 4 is 45.0 Å². The molecular formula is C29H25FN8OS. The summed E-state index contributed by atoms with van der Waals surface area (Å²) >= 11 is 1.07. The first-order valence-corrected chi connectivity index (χ1v) is 14.1. The van der Waals surface area contributed by atoms with Gasteiger partial charge in [0.05, 0.1) is 29.3 Å². The van der Waals surface area contributed by atoms with E-state index in [0.29, 0.717) is 46.4 Å². The highest BCUT2D eigenvalue weighted by Gasteiger charge is 2.19. The number of carbonyl (C=O) groups is 1. The van der Waals surface area contributed by atoms with Crippen LogP contribution >= 0.6 is 11.3 Å². The van der Waals surface area contributed by atoms with Crippen molar-refractivity contribution < 1.29 is 9.18 Å². The molecule has 0 radical (unpaired) electrons. The lowest BCUT2D eigenvalue weighted by molar-refractivity contribution is -0.117. The standard InChI is InChI=1S/C29H25FN8OS/c30-24-7-6-23(40-24)19-8-9-32-28-26(19)35-29(36-28)27-20-12-21(33-15-22(20)37-38-27)17-11-18(14-31-13-17)34-25(39)10-16-4-2-1-3-5-16/h6-9,11-16H,1-5,10H2,(H,34,39)(H,37,38)(H,32,35,36). The predicted molar refractivity (Wildman–Crippen MR) is 153 cm³/mol. The normalized spacial score (nSPS) is 14.2. The molecule has 0 atom stereocenters. The van der Waals surface area contributed by atoms with Crippen LogP contribution in [0.3, 0.4) is 0 Å². The summed E-state index contributed by atoms with van der Waals surface area (Å²) in [5, 5.41) is 11.1. The Morgan fingerprint density at radius 2 is 1.98 bits per heavy atom. The average molecular weight is 553 g/mol. The van der Waals surface area contributed by atoms with Gasteiger partial charge in [-0.1, -0.05) is 19.3 Å². The van der Waals surface area contributed by atoms with Crippen LogP contribution in [-0.4, -0.2) is 41.0 Å². The number of carbonyl (C=O) groups excluding carboxylic acids is 1. The van der Waals surface area contributed by atoms with Gasteiger partial charge < -0.3 is 10.3 Å². The van der Waals surface area contributed by atoms with E-state index in [4.69, 9.17) is 4.98 Å². The number of rotatable bonds is 6. The van der Waals surface area contributed by atoms with E-state index in [-0.39, 0.29) is 11.0 Å². The molecule has 1 aliphatic rings. The minimum Gasteiger partial charge on any atom is -0.325 e. The van der Waals surface area contributed by atoms with Gasteiger partial charge in [0.1, 0.15) is 11.2 Å². The first-order chi connectivity index (χ1) is 19.6. The van der Waals surface area contributed by atoms with Crippen molar-refractivity contribution in [2.45, 2.75) is 38.5 Å². The summed E-state index contributed by atoms with van der Waals surface area (Å²) in [4.78, 5) is 34.8. The Hall–Kier alpha value is -4.51. The average Bonchev–Trinajstić information content (AvgIpc) is 3.71. The fraction of sp³-hybridized carbons (Fsp3) is 0.241. The number of hydrogen-bond acceptors (Lipinski definition) is 7. The monoisotopic (exact) mass is 552 g/mol. The van der Waals surface area contributed by atoms with Crippen molar-refractivity contribution in [3.05, 3.63) is 60.3 Å². The molecule has 1 amide bonds. The number of H-pyrrole nitrogens is 2. The molecule has 11 heteroatoms. The second-order valence-electron chi connectivity index (χ2n) is 10.2. The number of aromatic amines is 2. The summed E-state index contributed by atoms with van der Waals surface area (Å²) in [6.45, 7) is 0. The molecule has 0 aromatic carbocycles. The highest BCUT2D eigenvalue weighted by Crippen LogP contribution is 2.34. The Kier molecular flexibility index (Phi) is 6.27. The molecule has 6 aromatic rings. The van der Waals surface area contributed by atoms with Crippen molar-refractivity contribution in [3.63, 3.8) is 0 Å². The third-order valence-electron chi connectivity index (χ3n) is 7.41. The lowest BCUT2D eigenvalue weighted by Gasteiger charge is -2.20. The number of pyridine rings is 3. The van der Waals surface area contributed by atoms with Crippen LogP contribution < -0.4 is 5.32 Å². The Bertz CT molecular complexity index is 1850. The molecule has 0 unspecified atom stereocenters. The fourth-order valence-corrected chi connectivity index (χ4v) is 6.21. The zero-order chi connectivity index (χ0) is 27.1. The summed E-state index contributed by atoms with van der Waals surface area (Å²) in [5.74, 6) is 1.02. The van der Waals surface area contributed by atoms with Crippen LogP contribution in [0.15, 0.2) is 55.1 Å². The van der Waals surface area contributed by atoms with Crippen LogP contribution in [0.1, 0.15) is 38.5 Å². The molecular weight excluding hydrogens is 527 g/mol. The topological polar surface area (TPSA) is 125 Å². The van der Waals surface area contributed by atoms with Crippen LogP contribution in [0.5, 0.6) is 0 Å². The number of halogens is 1. The third-order valence-corrected chi connectivity index (χ3v) is 8.32. The Morgan fingerprint density at radius 1 is 1.07 bits per heavy atom. The first-order valence-electron chi connectivity index (χ1n) is 13.3. The molecule has 6 heterocycles. The number of fused-ring (bicyclic) bond motifs is 2. The second-order valence-corrected chi connectivity index (χ2v) is 11.2. The fourth-order valence-electron chi connectivity index (χ4n) is 5.45. The number of imidazole rings is 1. The zero-order valence-corrected chi connectivity index (χ0v) is 22.3. The van der Waals surface area contributed by atoms with Gasteiger partial charge in [-0.15, -0.1) is 11.3 Å². The Balaban J connectivity index is 1.19. The summed E-state index contributed by atoms with van der Waals surface area (Å²) in [7, 11) is 0. The van der Waals surface area contributed by atoms with Gasteiger partial charge in [0, 0.05) is 40.2 Å². The molecule has 1 fully saturated rings. The second kappa shape index (κ2) is 10.2. The molecule has 0 aliphatic heterocycles. The van der Waals surface area contributed by atoms with Crippen molar-refractivity contribution in [2.75, 3.05) is 5.32 Å². The molecule has 7 rings (SSSR count).